The first-order chi connectivity index (χ1) is 13.2. The van der Waals surface area contributed by atoms with E-state index in [9.17, 15) is 0 Å². The lowest BCUT2D eigenvalue weighted by molar-refractivity contribution is 0.414. The van der Waals surface area contributed by atoms with E-state index in [1.54, 1.807) is 14.2 Å². The van der Waals surface area contributed by atoms with Crippen molar-refractivity contribution in [1.29, 1.82) is 0 Å². The van der Waals surface area contributed by atoms with Gasteiger partial charge in [0.1, 0.15) is 11.4 Å². The second-order valence-corrected chi connectivity index (χ2v) is 6.43. The highest BCUT2D eigenvalue weighted by molar-refractivity contribution is 14.0. The van der Waals surface area contributed by atoms with E-state index in [-0.39, 0.29) is 24.0 Å². The maximum absolute atomic E-state index is 5.18. The second kappa shape index (κ2) is 10.9. The van der Waals surface area contributed by atoms with Gasteiger partial charge in [-0.3, -0.25) is 4.99 Å². The van der Waals surface area contributed by atoms with Gasteiger partial charge in [0.25, 0.3) is 0 Å². The number of guanidine groups is 1. The first-order valence-electron chi connectivity index (χ1n) is 9.20. The minimum atomic E-state index is 0. The van der Waals surface area contributed by atoms with Crippen LogP contribution in [0.25, 0.3) is 5.65 Å². The van der Waals surface area contributed by atoms with Gasteiger partial charge in [0.05, 0.1) is 12.8 Å². The van der Waals surface area contributed by atoms with E-state index in [1.165, 1.54) is 11.1 Å². The van der Waals surface area contributed by atoms with Crippen molar-refractivity contribution in [3.63, 3.8) is 0 Å². The van der Waals surface area contributed by atoms with Crippen LogP contribution in [0.2, 0.25) is 0 Å². The molecule has 0 radical (unpaired) electrons. The molecule has 1 aromatic carbocycles. The number of rotatable bonds is 7. The minimum absolute atomic E-state index is 0. The molecule has 0 amide bonds. The van der Waals surface area contributed by atoms with Gasteiger partial charge in [0, 0.05) is 39.0 Å². The number of nitrogens with one attached hydrogen (secondary N) is 2. The highest BCUT2D eigenvalue weighted by atomic mass is 127. The summed E-state index contributed by atoms with van der Waals surface area (Å²) in [4.78, 5) is 8.99. The molecule has 28 heavy (non-hydrogen) atoms. The number of halogens is 1. The third kappa shape index (κ3) is 5.85. The predicted molar refractivity (Wildman–Crippen MR) is 125 cm³/mol. The summed E-state index contributed by atoms with van der Waals surface area (Å²) in [5.41, 5.74) is 4.55. The summed E-state index contributed by atoms with van der Waals surface area (Å²) in [5.74, 6) is 1.69. The Kier molecular flexibility index (Phi) is 8.56. The third-order valence-corrected chi connectivity index (χ3v) is 4.49. The number of methoxy groups -OCH3 is 1. The van der Waals surface area contributed by atoms with Gasteiger partial charge >= 0.3 is 0 Å². The second-order valence-electron chi connectivity index (χ2n) is 6.43. The molecule has 7 heteroatoms. The fraction of sp³-hybridized carbons (Fsp3) is 0.333. The van der Waals surface area contributed by atoms with Crippen molar-refractivity contribution in [2.24, 2.45) is 4.99 Å². The Morgan fingerprint density at radius 2 is 1.82 bits per heavy atom. The smallest absolute Gasteiger partial charge is 0.190 e. The van der Waals surface area contributed by atoms with E-state index < -0.39 is 0 Å². The van der Waals surface area contributed by atoms with Gasteiger partial charge in [-0.15, -0.1) is 24.0 Å². The average molecular weight is 493 g/mol. The summed E-state index contributed by atoms with van der Waals surface area (Å²) in [6, 6.07) is 12.3. The van der Waals surface area contributed by atoms with Crippen LogP contribution in [0.4, 0.5) is 0 Å². The molecule has 6 nitrogen and oxygen atoms in total. The van der Waals surface area contributed by atoms with Crippen LogP contribution in [0, 0.1) is 6.92 Å². The standard InChI is InChI=1S/C21H27N5O.HI/c1-16-5-4-14-26-15-18(25-20(16)26)11-13-24-21(22-2)23-12-10-17-6-8-19(27-3)9-7-17;/h4-9,14-15H,10-13H2,1-3H3,(H2,22,23,24);1H. The lowest BCUT2D eigenvalue weighted by Gasteiger charge is -2.11. The molecular weight excluding hydrogens is 465 g/mol. The summed E-state index contributed by atoms with van der Waals surface area (Å²) >= 11 is 0. The largest absolute Gasteiger partial charge is 0.497 e. The van der Waals surface area contributed by atoms with Crippen LogP contribution in [0.3, 0.4) is 0 Å². The Hall–Kier alpha value is -2.29. The van der Waals surface area contributed by atoms with Crippen molar-refractivity contribution >= 4 is 35.6 Å². The number of nitrogens with zero attached hydrogens (tertiary/aromatic N) is 3. The molecule has 0 atom stereocenters. The van der Waals surface area contributed by atoms with Gasteiger partial charge in [-0.2, -0.15) is 0 Å². The number of fused-ring (bicyclic) bond motifs is 1. The Labute approximate surface area is 183 Å². The number of aliphatic imine (C=N–C) groups is 1. The summed E-state index contributed by atoms with van der Waals surface area (Å²) in [5, 5.41) is 6.70. The first-order valence-corrected chi connectivity index (χ1v) is 9.20. The van der Waals surface area contributed by atoms with Gasteiger partial charge in [-0.1, -0.05) is 18.2 Å². The quantitative estimate of drug-likeness (QED) is 0.302. The number of ether oxygens (including phenoxy) is 1. The molecular formula is C21H28IN5O. The van der Waals surface area contributed by atoms with Gasteiger partial charge in [-0.25, -0.2) is 4.98 Å². The van der Waals surface area contributed by atoms with Crippen molar-refractivity contribution in [2.45, 2.75) is 19.8 Å². The van der Waals surface area contributed by atoms with Crippen molar-refractivity contribution in [1.82, 2.24) is 20.0 Å². The van der Waals surface area contributed by atoms with Gasteiger partial charge in [0.2, 0.25) is 0 Å². The van der Waals surface area contributed by atoms with Crippen LogP contribution in [0.1, 0.15) is 16.8 Å². The van der Waals surface area contributed by atoms with Gasteiger partial charge in [0.15, 0.2) is 5.96 Å². The fourth-order valence-corrected chi connectivity index (χ4v) is 2.97. The number of pyridine rings is 1. The number of imidazole rings is 1. The van der Waals surface area contributed by atoms with Crippen LogP contribution in [-0.2, 0) is 12.8 Å². The molecule has 0 saturated heterocycles. The lowest BCUT2D eigenvalue weighted by atomic mass is 10.1. The van der Waals surface area contributed by atoms with Gasteiger partial charge in [-0.05, 0) is 42.7 Å². The Morgan fingerprint density at radius 1 is 1.11 bits per heavy atom. The zero-order chi connectivity index (χ0) is 19.1. The minimum Gasteiger partial charge on any atom is -0.497 e. The highest BCUT2D eigenvalue weighted by Gasteiger charge is 2.04. The SMILES string of the molecule is CN=C(NCCc1ccc(OC)cc1)NCCc1cn2cccc(C)c2n1.I. The van der Waals surface area contributed by atoms with Crippen LogP contribution in [0.15, 0.2) is 53.8 Å². The third-order valence-electron chi connectivity index (χ3n) is 4.49. The Morgan fingerprint density at radius 3 is 2.46 bits per heavy atom. The van der Waals surface area contributed by atoms with Gasteiger partial charge < -0.3 is 19.8 Å². The summed E-state index contributed by atoms with van der Waals surface area (Å²) in [6.07, 6.45) is 5.90. The topological polar surface area (TPSA) is 63.0 Å². The summed E-state index contributed by atoms with van der Waals surface area (Å²) in [6.45, 7) is 3.68. The first kappa shape index (κ1) is 22.0. The number of aromatic nitrogens is 2. The highest BCUT2D eigenvalue weighted by Crippen LogP contribution is 2.11. The molecule has 0 spiro atoms. The van der Waals surface area contributed by atoms with Crippen molar-refractivity contribution in [2.75, 3.05) is 27.2 Å². The zero-order valence-electron chi connectivity index (χ0n) is 16.6. The molecule has 0 aliphatic carbocycles. The van der Waals surface area contributed by atoms with E-state index in [2.05, 4.69) is 51.3 Å². The molecule has 2 heterocycles. The molecule has 2 N–H and O–H groups in total. The summed E-state index contributed by atoms with van der Waals surface area (Å²) in [7, 11) is 3.47. The summed E-state index contributed by atoms with van der Waals surface area (Å²) < 4.78 is 7.26. The average Bonchev–Trinajstić information content (AvgIpc) is 3.11. The molecule has 150 valence electrons. The molecule has 0 fully saturated rings. The number of hydrogen-bond donors (Lipinski definition) is 2. The predicted octanol–water partition coefficient (Wildman–Crippen LogP) is 3.22. The lowest BCUT2D eigenvalue weighted by Crippen LogP contribution is -2.39. The van der Waals surface area contributed by atoms with Crippen molar-refractivity contribution < 1.29 is 4.74 Å². The van der Waals surface area contributed by atoms with Crippen LogP contribution in [0.5, 0.6) is 5.75 Å². The molecule has 0 bridgehead atoms. The monoisotopic (exact) mass is 493 g/mol. The normalized spacial score (nSPS) is 11.2. The molecule has 0 saturated carbocycles. The molecule has 0 unspecified atom stereocenters. The number of hydrogen-bond acceptors (Lipinski definition) is 3. The molecule has 0 aliphatic rings. The maximum Gasteiger partial charge on any atom is 0.190 e. The van der Waals surface area contributed by atoms with Crippen molar-refractivity contribution in [3.8, 4) is 5.75 Å². The fourth-order valence-electron chi connectivity index (χ4n) is 2.97. The molecule has 2 aromatic heterocycles. The number of aryl methyl sites for hydroxylation is 1. The number of benzene rings is 1. The van der Waals surface area contributed by atoms with Crippen LogP contribution in [-0.4, -0.2) is 42.6 Å². The Bertz CT molecular complexity index is 905. The molecule has 3 aromatic rings. The van der Waals surface area contributed by atoms with E-state index in [1.807, 2.05) is 24.4 Å². The molecule has 3 rings (SSSR count). The maximum atomic E-state index is 5.18. The Balaban J connectivity index is 0.00000280. The van der Waals surface area contributed by atoms with Crippen LogP contribution >= 0.6 is 24.0 Å². The van der Waals surface area contributed by atoms with E-state index in [0.29, 0.717) is 0 Å². The van der Waals surface area contributed by atoms with E-state index >= 15 is 0 Å². The van der Waals surface area contributed by atoms with Crippen molar-refractivity contribution in [3.05, 3.63) is 65.6 Å². The molecule has 0 aliphatic heterocycles. The van der Waals surface area contributed by atoms with E-state index in [4.69, 9.17) is 9.72 Å². The zero-order valence-corrected chi connectivity index (χ0v) is 18.9. The van der Waals surface area contributed by atoms with E-state index in [0.717, 1.165) is 49.0 Å². The van der Waals surface area contributed by atoms with Crippen LogP contribution < -0.4 is 15.4 Å².